The van der Waals surface area contributed by atoms with Gasteiger partial charge in [-0.2, -0.15) is 17.5 Å². The number of fused-ring (bicyclic) bond motifs is 1. The van der Waals surface area contributed by atoms with Gasteiger partial charge in [-0.1, -0.05) is 18.2 Å². The zero-order valence-electron chi connectivity index (χ0n) is 16.0. The van der Waals surface area contributed by atoms with Crippen LogP contribution in [0.1, 0.15) is 5.56 Å². The third-order valence-electron chi connectivity index (χ3n) is 4.74. The molecule has 1 aliphatic heterocycles. The summed E-state index contributed by atoms with van der Waals surface area (Å²) in [4.78, 5) is 23.7. The number of benzene rings is 2. The van der Waals surface area contributed by atoms with Gasteiger partial charge in [-0.3, -0.25) is 4.79 Å². The van der Waals surface area contributed by atoms with Crippen LogP contribution in [-0.2, 0) is 26.2 Å². The second kappa shape index (κ2) is 8.19. The van der Waals surface area contributed by atoms with Gasteiger partial charge in [0.05, 0.1) is 24.0 Å². The highest BCUT2D eigenvalue weighted by Crippen LogP contribution is 2.33. The maximum absolute atomic E-state index is 13.2. The lowest BCUT2D eigenvalue weighted by Gasteiger charge is -2.32. The minimum atomic E-state index is -5.30. The van der Waals surface area contributed by atoms with Gasteiger partial charge in [-0.25, -0.2) is 8.42 Å². The Balaban J connectivity index is 2.13. The lowest BCUT2D eigenvalue weighted by atomic mass is 10.1. The van der Waals surface area contributed by atoms with Crippen LogP contribution in [0, 0.1) is 0 Å². The monoisotopic (exact) mass is 457 g/mol. The van der Waals surface area contributed by atoms with Crippen LogP contribution in [0.15, 0.2) is 53.4 Å². The fraction of sp³-hybridized carbons (Fsp3) is 0.263. The van der Waals surface area contributed by atoms with Gasteiger partial charge in [0, 0.05) is 18.8 Å². The molecule has 0 bridgehead atoms. The number of methoxy groups -OCH3 is 1. The Morgan fingerprint density at radius 1 is 1.10 bits per heavy atom. The van der Waals surface area contributed by atoms with Crippen molar-refractivity contribution in [3.8, 4) is 5.75 Å². The van der Waals surface area contributed by atoms with Gasteiger partial charge in [-0.05, 0) is 35.9 Å². The zero-order valence-corrected chi connectivity index (χ0v) is 16.8. The van der Waals surface area contributed by atoms with Crippen molar-refractivity contribution in [3.05, 3.63) is 54.1 Å². The van der Waals surface area contributed by atoms with E-state index in [1.165, 1.54) is 55.6 Å². The Bertz CT molecular complexity index is 1100. The summed E-state index contributed by atoms with van der Waals surface area (Å²) in [6, 6.07) is 8.27. The standard InChI is InChI=1S/C19H17F3N2O6S/c1-30-13-6-8-14(9-7-13)31(28,29)24-10-12-4-2-3-5-15(12)23(11-16(24)17(25)26)18(27)19(20,21)22/h2-9,16H,10-11H2,1H3,(H,25,26)/p-1. The smallest absolute Gasteiger partial charge is 0.471 e. The number of carbonyl (C=O) groups excluding carboxylic acids is 2. The number of anilines is 1. The lowest BCUT2D eigenvalue weighted by molar-refractivity contribution is -0.310. The van der Waals surface area contributed by atoms with E-state index in [-0.39, 0.29) is 21.0 Å². The van der Waals surface area contributed by atoms with E-state index in [9.17, 15) is 36.3 Å². The van der Waals surface area contributed by atoms with Gasteiger partial charge in [-0.15, -0.1) is 0 Å². The highest BCUT2D eigenvalue weighted by atomic mass is 32.2. The minimum absolute atomic E-state index is 0.0286. The molecule has 3 rings (SSSR count). The molecule has 1 atom stereocenters. The maximum atomic E-state index is 13.2. The van der Waals surface area contributed by atoms with E-state index >= 15 is 0 Å². The molecule has 0 N–H and O–H groups in total. The molecule has 0 spiro atoms. The molecule has 166 valence electrons. The average molecular weight is 457 g/mol. The maximum Gasteiger partial charge on any atom is 0.471 e. The lowest BCUT2D eigenvalue weighted by Crippen LogP contribution is -2.56. The summed E-state index contributed by atoms with van der Waals surface area (Å²) in [6.45, 7) is -1.65. The summed E-state index contributed by atoms with van der Waals surface area (Å²) in [7, 11) is -3.13. The molecule has 0 saturated carbocycles. The van der Waals surface area contributed by atoms with E-state index in [0.717, 1.165) is 0 Å². The van der Waals surface area contributed by atoms with Crippen LogP contribution in [0.4, 0.5) is 18.9 Å². The SMILES string of the molecule is COc1ccc(S(=O)(=O)N2Cc3ccccc3N(C(=O)C(F)(F)F)CC2C(=O)[O-])cc1. The zero-order chi connectivity index (χ0) is 23.0. The van der Waals surface area contributed by atoms with Gasteiger partial charge in [0.25, 0.3) is 0 Å². The Kier molecular flexibility index (Phi) is 5.96. The normalized spacial score (nSPS) is 17.5. The molecule has 2 aromatic carbocycles. The number of sulfonamides is 1. The number of carboxylic acids is 1. The van der Waals surface area contributed by atoms with Crippen molar-refractivity contribution in [1.82, 2.24) is 4.31 Å². The van der Waals surface area contributed by atoms with Gasteiger partial charge in [0.2, 0.25) is 10.0 Å². The Morgan fingerprint density at radius 2 is 1.71 bits per heavy atom. The highest BCUT2D eigenvalue weighted by molar-refractivity contribution is 7.89. The molecule has 12 heteroatoms. The highest BCUT2D eigenvalue weighted by Gasteiger charge is 2.47. The first kappa shape index (κ1) is 22.6. The first-order valence-electron chi connectivity index (χ1n) is 8.80. The number of para-hydroxylation sites is 1. The second-order valence-electron chi connectivity index (χ2n) is 6.60. The van der Waals surface area contributed by atoms with Crippen molar-refractivity contribution in [2.75, 3.05) is 18.6 Å². The van der Waals surface area contributed by atoms with Crippen molar-refractivity contribution in [3.63, 3.8) is 0 Å². The fourth-order valence-corrected chi connectivity index (χ4v) is 4.77. The third-order valence-corrected chi connectivity index (χ3v) is 6.61. The molecule has 0 aliphatic carbocycles. The van der Waals surface area contributed by atoms with Crippen molar-refractivity contribution in [1.29, 1.82) is 0 Å². The van der Waals surface area contributed by atoms with E-state index < -0.39 is 47.2 Å². The van der Waals surface area contributed by atoms with Crippen LogP contribution in [0.3, 0.4) is 0 Å². The molecule has 0 radical (unpaired) electrons. The van der Waals surface area contributed by atoms with Gasteiger partial charge >= 0.3 is 12.1 Å². The summed E-state index contributed by atoms with van der Waals surface area (Å²) >= 11 is 0. The third kappa shape index (κ3) is 4.35. The molecule has 1 unspecified atom stereocenters. The Hall–Kier alpha value is -3.12. The number of hydrogen-bond acceptors (Lipinski definition) is 6. The van der Waals surface area contributed by atoms with Gasteiger partial charge < -0.3 is 19.5 Å². The van der Waals surface area contributed by atoms with Gasteiger partial charge in [0.15, 0.2) is 0 Å². The topological polar surface area (TPSA) is 107 Å². The molecule has 0 aromatic heterocycles. The van der Waals surface area contributed by atoms with Crippen LogP contribution in [0.5, 0.6) is 5.75 Å². The molecule has 31 heavy (non-hydrogen) atoms. The number of amides is 1. The number of ether oxygens (including phenoxy) is 1. The fourth-order valence-electron chi connectivity index (χ4n) is 3.22. The molecule has 1 aliphatic rings. The number of hydrogen-bond donors (Lipinski definition) is 0. The van der Waals surface area contributed by atoms with E-state index in [2.05, 4.69) is 0 Å². The number of rotatable bonds is 4. The average Bonchev–Trinajstić information content (AvgIpc) is 2.90. The van der Waals surface area contributed by atoms with Crippen LogP contribution < -0.4 is 14.7 Å². The quantitative estimate of drug-likeness (QED) is 0.676. The summed E-state index contributed by atoms with van der Waals surface area (Å²) in [5, 5.41) is 11.8. The molecular weight excluding hydrogens is 441 g/mol. The number of alkyl halides is 3. The molecule has 1 heterocycles. The van der Waals surface area contributed by atoms with E-state index in [4.69, 9.17) is 4.74 Å². The first-order valence-corrected chi connectivity index (χ1v) is 10.2. The predicted molar refractivity (Wildman–Crippen MR) is 99.4 cm³/mol. The van der Waals surface area contributed by atoms with Crippen LogP contribution in [-0.4, -0.2) is 50.5 Å². The molecule has 0 fully saturated rings. The molecule has 0 saturated heterocycles. The molecule has 1 amide bonds. The Morgan fingerprint density at radius 3 is 2.26 bits per heavy atom. The van der Waals surface area contributed by atoms with E-state index in [1.807, 2.05) is 0 Å². The first-order chi connectivity index (χ1) is 14.5. The predicted octanol–water partition coefficient (Wildman–Crippen LogP) is 0.913. The summed E-state index contributed by atoms with van der Waals surface area (Å²) in [5.41, 5.74) is -0.204. The number of carbonyl (C=O) groups is 2. The molecule has 8 nitrogen and oxygen atoms in total. The van der Waals surface area contributed by atoms with Crippen molar-refractivity contribution in [2.45, 2.75) is 23.7 Å². The minimum Gasteiger partial charge on any atom is -0.548 e. The van der Waals surface area contributed by atoms with Crippen LogP contribution in [0.25, 0.3) is 0 Å². The summed E-state index contributed by atoms with van der Waals surface area (Å²) in [6.07, 6.45) is -5.30. The van der Waals surface area contributed by atoms with Crippen LogP contribution >= 0.6 is 0 Å². The van der Waals surface area contributed by atoms with Crippen LogP contribution in [0.2, 0.25) is 0 Å². The summed E-state index contributed by atoms with van der Waals surface area (Å²) in [5.74, 6) is -3.90. The number of aliphatic carboxylic acids is 1. The number of halogens is 3. The Labute approximate surface area is 175 Å². The largest absolute Gasteiger partial charge is 0.548 e. The van der Waals surface area contributed by atoms with Crippen molar-refractivity contribution < 1.29 is 41.0 Å². The number of carboxylic acid groups (broad SMARTS) is 1. The second-order valence-corrected chi connectivity index (χ2v) is 8.49. The number of nitrogens with zero attached hydrogens (tertiary/aromatic N) is 2. The summed E-state index contributed by atoms with van der Waals surface area (Å²) < 4.78 is 71.4. The molecule has 2 aromatic rings. The van der Waals surface area contributed by atoms with Crippen molar-refractivity contribution in [2.24, 2.45) is 0 Å². The van der Waals surface area contributed by atoms with E-state index in [0.29, 0.717) is 10.1 Å². The van der Waals surface area contributed by atoms with E-state index in [1.54, 1.807) is 0 Å². The van der Waals surface area contributed by atoms with Gasteiger partial charge in [0.1, 0.15) is 5.75 Å². The molecular formula is C19H16F3N2O6S-. The van der Waals surface area contributed by atoms with Crippen molar-refractivity contribution >= 4 is 27.6 Å².